The Bertz CT molecular complexity index is 956. The average molecular weight is 424 g/mol. The zero-order valence-corrected chi connectivity index (χ0v) is 18.9. The molecule has 0 fully saturated rings. The molecule has 0 aliphatic carbocycles. The van der Waals surface area contributed by atoms with Crippen LogP contribution < -0.4 is 9.47 Å². The summed E-state index contributed by atoms with van der Waals surface area (Å²) >= 11 is 0. The van der Waals surface area contributed by atoms with Gasteiger partial charge in [0.05, 0.1) is 30.2 Å². The van der Waals surface area contributed by atoms with Gasteiger partial charge in [0.1, 0.15) is 11.5 Å². The molecule has 1 N–H and O–H groups in total. The number of aryl methyl sites for hydroxylation is 1. The van der Waals surface area contributed by atoms with Crippen molar-refractivity contribution in [2.24, 2.45) is 0 Å². The first-order valence-electron chi connectivity index (χ1n) is 10.9. The summed E-state index contributed by atoms with van der Waals surface area (Å²) in [7, 11) is 1.64. The minimum absolute atomic E-state index is 0.348. The van der Waals surface area contributed by atoms with Crippen molar-refractivity contribution in [2.45, 2.75) is 46.3 Å². The highest BCUT2D eigenvalue weighted by Gasteiger charge is 2.22. The molecule has 0 aliphatic rings. The van der Waals surface area contributed by atoms with Gasteiger partial charge in [-0.2, -0.15) is 5.10 Å². The summed E-state index contributed by atoms with van der Waals surface area (Å²) in [4.78, 5) is 2.27. The summed E-state index contributed by atoms with van der Waals surface area (Å²) in [6.07, 6.45) is 1.39. The Kier molecular flexibility index (Phi) is 8.09. The monoisotopic (exact) mass is 423 g/mol. The Labute approximate surface area is 185 Å². The van der Waals surface area contributed by atoms with Gasteiger partial charge in [-0.15, -0.1) is 0 Å². The summed E-state index contributed by atoms with van der Waals surface area (Å²) in [5.74, 6) is 2.11. The fourth-order valence-electron chi connectivity index (χ4n) is 3.55. The summed E-state index contributed by atoms with van der Waals surface area (Å²) in [6.45, 7) is 8.34. The number of methoxy groups -OCH3 is 1. The van der Waals surface area contributed by atoms with Crippen molar-refractivity contribution in [2.75, 3.05) is 20.2 Å². The van der Waals surface area contributed by atoms with E-state index in [0.717, 1.165) is 42.1 Å². The predicted molar refractivity (Wildman–Crippen MR) is 123 cm³/mol. The number of benzene rings is 2. The molecule has 1 atom stereocenters. The van der Waals surface area contributed by atoms with E-state index in [1.54, 1.807) is 7.11 Å². The van der Waals surface area contributed by atoms with Gasteiger partial charge in [-0.05, 0) is 50.6 Å². The lowest BCUT2D eigenvalue weighted by Crippen LogP contribution is -2.32. The molecule has 2 aromatic carbocycles. The number of rotatable bonds is 11. The van der Waals surface area contributed by atoms with Crippen molar-refractivity contribution in [1.82, 2.24) is 14.7 Å². The molecule has 6 nitrogen and oxygen atoms in total. The Morgan fingerprint density at radius 3 is 2.48 bits per heavy atom. The summed E-state index contributed by atoms with van der Waals surface area (Å²) in [5, 5.41) is 15.0. The van der Waals surface area contributed by atoms with Gasteiger partial charge in [-0.3, -0.25) is 4.90 Å². The second kappa shape index (κ2) is 11.0. The largest absolute Gasteiger partial charge is 0.497 e. The van der Waals surface area contributed by atoms with Crippen LogP contribution in [0, 0.1) is 6.92 Å². The quantitative estimate of drug-likeness (QED) is 0.472. The molecule has 0 spiro atoms. The third-order valence-corrected chi connectivity index (χ3v) is 5.26. The lowest BCUT2D eigenvalue weighted by atomic mass is 10.2. The summed E-state index contributed by atoms with van der Waals surface area (Å²) in [6, 6.07) is 17.6. The first-order chi connectivity index (χ1) is 15.0. The maximum atomic E-state index is 10.2. The van der Waals surface area contributed by atoms with Crippen LogP contribution in [0.2, 0.25) is 0 Å². The van der Waals surface area contributed by atoms with Gasteiger partial charge in [-0.25, -0.2) is 4.68 Å². The SMILES string of the molecule is CCCN(Cc1c(C)nn(-c2ccccc2)c1Oc1cccc(OC)c1)C[C@H](O)CC. The molecular formula is C25H33N3O3. The van der Waals surface area contributed by atoms with Crippen LogP contribution in [0.3, 0.4) is 0 Å². The topological polar surface area (TPSA) is 59.8 Å². The van der Waals surface area contributed by atoms with E-state index in [1.807, 2.05) is 73.1 Å². The zero-order valence-electron chi connectivity index (χ0n) is 18.9. The van der Waals surface area contributed by atoms with Crippen molar-refractivity contribution in [3.8, 4) is 23.1 Å². The standard InChI is InChI=1S/C25H33N3O3/c1-5-15-27(17-21(29)6-2)18-24-19(3)26-28(20-11-8-7-9-12-20)25(24)31-23-14-10-13-22(16-23)30-4/h7-14,16,21,29H,5-6,15,17-18H2,1-4H3/t21-/m1/s1. The molecule has 0 radical (unpaired) electrons. The van der Waals surface area contributed by atoms with E-state index in [1.165, 1.54) is 0 Å². The van der Waals surface area contributed by atoms with E-state index in [4.69, 9.17) is 14.6 Å². The number of hydrogen-bond acceptors (Lipinski definition) is 5. The second-order valence-corrected chi connectivity index (χ2v) is 7.69. The highest BCUT2D eigenvalue weighted by atomic mass is 16.5. The van der Waals surface area contributed by atoms with E-state index < -0.39 is 0 Å². The fourth-order valence-corrected chi connectivity index (χ4v) is 3.55. The molecule has 6 heteroatoms. The van der Waals surface area contributed by atoms with Crippen LogP contribution in [0.5, 0.6) is 17.4 Å². The lowest BCUT2D eigenvalue weighted by molar-refractivity contribution is 0.105. The molecular weight excluding hydrogens is 390 g/mol. The fraction of sp³-hybridized carbons (Fsp3) is 0.400. The third kappa shape index (κ3) is 5.87. The van der Waals surface area contributed by atoms with Crippen molar-refractivity contribution in [1.29, 1.82) is 0 Å². The van der Waals surface area contributed by atoms with Crippen LogP contribution in [0.15, 0.2) is 54.6 Å². The number of aliphatic hydroxyl groups is 1. The molecule has 31 heavy (non-hydrogen) atoms. The zero-order chi connectivity index (χ0) is 22.2. The first-order valence-corrected chi connectivity index (χ1v) is 10.9. The van der Waals surface area contributed by atoms with Crippen LogP contribution in [-0.2, 0) is 6.54 Å². The third-order valence-electron chi connectivity index (χ3n) is 5.26. The van der Waals surface area contributed by atoms with Gasteiger partial charge in [0.2, 0.25) is 5.88 Å². The molecule has 1 heterocycles. The highest BCUT2D eigenvalue weighted by molar-refractivity contribution is 5.44. The Balaban J connectivity index is 2.01. The van der Waals surface area contributed by atoms with Crippen molar-refractivity contribution in [3.05, 3.63) is 65.9 Å². The molecule has 166 valence electrons. The molecule has 1 aromatic heterocycles. The van der Waals surface area contributed by atoms with Gasteiger partial charge in [-0.1, -0.05) is 38.1 Å². The van der Waals surface area contributed by atoms with Gasteiger partial charge in [0, 0.05) is 19.2 Å². The Morgan fingerprint density at radius 2 is 1.81 bits per heavy atom. The van der Waals surface area contributed by atoms with Gasteiger partial charge in [0.15, 0.2) is 0 Å². The lowest BCUT2D eigenvalue weighted by Gasteiger charge is -2.24. The summed E-state index contributed by atoms with van der Waals surface area (Å²) in [5.41, 5.74) is 2.86. The molecule has 0 bridgehead atoms. The van der Waals surface area contributed by atoms with Gasteiger partial charge in [0.25, 0.3) is 0 Å². The number of aromatic nitrogens is 2. The van der Waals surface area contributed by atoms with E-state index in [-0.39, 0.29) is 6.10 Å². The van der Waals surface area contributed by atoms with Crippen LogP contribution in [0.25, 0.3) is 5.69 Å². The molecule has 3 aromatic rings. The minimum Gasteiger partial charge on any atom is -0.497 e. The molecule has 0 amide bonds. The van der Waals surface area contributed by atoms with Crippen molar-refractivity contribution in [3.63, 3.8) is 0 Å². The second-order valence-electron chi connectivity index (χ2n) is 7.69. The smallest absolute Gasteiger partial charge is 0.227 e. The molecule has 0 aliphatic heterocycles. The van der Waals surface area contributed by atoms with E-state index in [0.29, 0.717) is 24.7 Å². The van der Waals surface area contributed by atoms with Gasteiger partial charge >= 0.3 is 0 Å². The van der Waals surface area contributed by atoms with Crippen LogP contribution in [0.4, 0.5) is 0 Å². The van der Waals surface area contributed by atoms with Crippen LogP contribution in [-0.4, -0.2) is 46.1 Å². The normalized spacial score (nSPS) is 12.2. The Morgan fingerprint density at radius 1 is 1.06 bits per heavy atom. The summed E-state index contributed by atoms with van der Waals surface area (Å²) < 4.78 is 13.6. The number of aliphatic hydroxyl groups excluding tert-OH is 1. The predicted octanol–water partition coefficient (Wildman–Crippen LogP) is 4.96. The molecule has 0 saturated heterocycles. The molecule has 0 saturated carbocycles. The number of nitrogens with zero attached hydrogens (tertiary/aromatic N) is 3. The van der Waals surface area contributed by atoms with E-state index in [2.05, 4.69) is 11.8 Å². The maximum Gasteiger partial charge on any atom is 0.227 e. The van der Waals surface area contributed by atoms with Crippen LogP contribution >= 0.6 is 0 Å². The van der Waals surface area contributed by atoms with Crippen molar-refractivity contribution >= 4 is 0 Å². The van der Waals surface area contributed by atoms with Gasteiger partial charge < -0.3 is 14.6 Å². The number of ether oxygens (including phenoxy) is 2. The van der Waals surface area contributed by atoms with Crippen molar-refractivity contribution < 1.29 is 14.6 Å². The first kappa shape index (κ1) is 22.8. The number of para-hydroxylation sites is 1. The molecule has 0 unspecified atom stereocenters. The minimum atomic E-state index is -0.348. The average Bonchev–Trinajstić information content (AvgIpc) is 3.09. The highest BCUT2D eigenvalue weighted by Crippen LogP contribution is 2.33. The molecule has 3 rings (SSSR count). The van der Waals surface area contributed by atoms with E-state index >= 15 is 0 Å². The Hall–Kier alpha value is -2.83. The van der Waals surface area contributed by atoms with Crippen LogP contribution in [0.1, 0.15) is 37.9 Å². The number of hydrogen-bond donors (Lipinski definition) is 1. The van der Waals surface area contributed by atoms with E-state index in [9.17, 15) is 5.11 Å². The maximum absolute atomic E-state index is 10.2.